The van der Waals surface area contributed by atoms with Gasteiger partial charge in [-0.1, -0.05) is 45.0 Å². The Hall–Kier alpha value is -1.15. The molecule has 16 heavy (non-hydrogen) atoms. The second-order valence-electron chi connectivity index (χ2n) is 4.42. The second kappa shape index (κ2) is 5.80. The fraction of sp³-hybridized carbons (Fsp3) is 0.500. The van der Waals surface area contributed by atoms with Gasteiger partial charge < -0.3 is 5.11 Å². The molecule has 2 nitrogen and oxygen atoms in total. The Bertz CT molecular complexity index is 356. The molecule has 2 heteroatoms. The third kappa shape index (κ3) is 2.92. The normalized spacial score (nSPS) is 12.8. The minimum atomic E-state index is -0.0356. The predicted octanol–water partition coefficient (Wildman–Crippen LogP) is 2.90. The molecule has 1 atom stereocenters. The SMILES string of the molecule is CCC(C(=O)C(C)C)c1cccc(CO)c1. The van der Waals surface area contributed by atoms with Crippen molar-refractivity contribution in [3.8, 4) is 0 Å². The summed E-state index contributed by atoms with van der Waals surface area (Å²) in [6, 6.07) is 7.66. The molecular formula is C14H20O2. The number of carbonyl (C=O) groups excluding carboxylic acids is 1. The summed E-state index contributed by atoms with van der Waals surface area (Å²) in [6.07, 6.45) is 0.811. The fourth-order valence-electron chi connectivity index (χ4n) is 1.91. The topological polar surface area (TPSA) is 37.3 Å². The monoisotopic (exact) mass is 220 g/mol. The van der Waals surface area contributed by atoms with Crippen molar-refractivity contribution in [3.05, 3.63) is 35.4 Å². The van der Waals surface area contributed by atoms with Crippen LogP contribution in [0, 0.1) is 5.92 Å². The number of aliphatic hydroxyl groups is 1. The van der Waals surface area contributed by atoms with Crippen molar-refractivity contribution in [1.29, 1.82) is 0 Å². The minimum absolute atomic E-state index is 0.0279. The van der Waals surface area contributed by atoms with E-state index >= 15 is 0 Å². The van der Waals surface area contributed by atoms with E-state index in [9.17, 15) is 4.79 Å². The molecule has 0 saturated heterocycles. The number of rotatable bonds is 5. The highest BCUT2D eigenvalue weighted by Gasteiger charge is 2.21. The van der Waals surface area contributed by atoms with E-state index in [-0.39, 0.29) is 24.2 Å². The molecule has 0 heterocycles. The molecule has 0 bridgehead atoms. The molecule has 0 spiro atoms. The summed E-state index contributed by atoms with van der Waals surface area (Å²) in [5.41, 5.74) is 1.89. The summed E-state index contributed by atoms with van der Waals surface area (Å²) in [4.78, 5) is 12.0. The number of aliphatic hydroxyl groups excluding tert-OH is 1. The van der Waals surface area contributed by atoms with E-state index in [1.165, 1.54) is 0 Å². The van der Waals surface area contributed by atoms with E-state index in [1.54, 1.807) is 0 Å². The highest BCUT2D eigenvalue weighted by Crippen LogP contribution is 2.24. The number of hydrogen-bond donors (Lipinski definition) is 1. The Morgan fingerprint density at radius 2 is 2.06 bits per heavy atom. The molecule has 0 aliphatic rings. The summed E-state index contributed by atoms with van der Waals surface area (Å²) >= 11 is 0. The van der Waals surface area contributed by atoms with Crippen molar-refractivity contribution < 1.29 is 9.90 Å². The van der Waals surface area contributed by atoms with Gasteiger partial charge in [-0.15, -0.1) is 0 Å². The highest BCUT2D eigenvalue weighted by atomic mass is 16.3. The Kier molecular flexibility index (Phi) is 4.69. The summed E-state index contributed by atoms with van der Waals surface area (Å²) in [7, 11) is 0. The van der Waals surface area contributed by atoms with Gasteiger partial charge in [-0.2, -0.15) is 0 Å². The maximum atomic E-state index is 12.0. The molecule has 1 unspecified atom stereocenters. The number of carbonyl (C=O) groups is 1. The van der Waals surface area contributed by atoms with Crippen LogP contribution in [-0.4, -0.2) is 10.9 Å². The van der Waals surface area contributed by atoms with Gasteiger partial charge in [0.25, 0.3) is 0 Å². The van der Waals surface area contributed by atoms with Gasteiger partial charge in [0.15, 0.2) is 0 Å². The van der Waals surface area contributed by atoms with Gasteiger partial charge in [-0.3, -0.25) is 4.79 Å². The summed E-state index contributed by atoms with van der Waals surface area (Å²) in [5, 5.41) is 9.08. The summed E-state index contributed by atoms with van der Waals surface area (Å²) in [5.74, 6) is 0.298. The van der Waals surface area contributed by atoms with Crippen LogP contribution in [0.25, 0.3) is 0 Å². The molecule has 1 aromatic carbocycles. The summed E-state index contributed by atoms with van der Waals surface area (Å²) < 4.78 is 0. The van der Waals surface area contributed by atoms with Crippen LogP contribution in [0.5, 0.6) is 0 Å². The first-order chi connectivity index (χ1) is 7.60. The van der Waals surface area contributed by atoms with E-state index in [1.807, 2.05) is 45.0 Å². The molecule has 0 saturated carbocycles. The third-order valence-corrected chi connectivity index (χ3v) is 2.86. The zero-order chi connectivity index (χ0) is 12.1. The van der Waals surface area contributed by atoms with Crippen LogP contribution >= 0.6 is 0 Å². The first-order valence-corrected chi connectivity index (χ1v) is 5.83. The van der Waals surface area contributed by atoms with E-state index in [4.69, 9.17) is 5.11 Å². The Balaban J connectivity index is 2.99. The van der Waals surface area contributed by atoms with E-state index in [2.05, 4.69) is 0 Å². The molecule has 0 aliphatic carbocycles. The minimum Gasteiger partial charge on any atom is -0.392 e. The molecule has 0 fully saturated rings. The van der Waals surface area contributed by atoms with Crippen LogP contribution in [0.2, 0.25) is 0 Å². The van der Waals surface area contributed by atoms with Gasteiger partial charge in [-0.05, 0) is 17.5 Å². The van der Waals surface area contributed by atoms with Crippen LogP contribution in [0.4, 0.5) is 0 Å². The van der Waals surface area contributed by atoms with Crippen molar-refractivity contribution in [2.75, 3.05) is 0 Å². The molecule has 1 rings (SSSR count). The maximum Gasteiger partial charge on any atom is 0.142 e. The molecule has 1 aromatic rings. The highest BCUT2D eigenvalue weighted by molar-refractivity contribution is 5.87. The molecule has 0 aromatic heterocycles. The zero-order valence-electron chi connectivity index (χ0n) is 10.2. The Morgan fingerprint density at radius 3 is 2.56 bits per heavy atom. The quantitative estimate of drug-likeness (QED) is 0.828. The molecule has 1 N–H and O–H groups in total. The lowest BCUT2D eigenvalue weighted by Gasteiger charge is -2.17. The number of hydrogen-bond acceptors (Lipinski definition) is 2. The van der Waals surface area contributed by atoms with Gasteiger partial charge in [0.05, 0.1) is 6.61 Å². The lowest BCUT2D eigenvalue weighted by Crippen LogP contribution is -2.17. The second-order valence-corrected chi connectivity index (χ2v) is 4.42. The zero-order valence-corrected chi connectivity index (χ0v) is 10.2. The lowest BCUT2D eigenvalue weighted by molar-refractivity contribution is -0.123. The van der Waals surface area contributed by atoms with E-state index < -0.39 is 0 Å². The standard InChI is InChI=1S/C14H20O2/c1-4-13(14(16)10(2)3)12-7-5-6-11(8-12)9-15/h5-8,10,13,15H,4,9H2,1-3H3. The van der Waals surface area contributed by atoms with Gasteiger partial charge >= 0.3 is 0 Å². The van der Waals surface area contributed by atoms with Gasteiger partial charge in [0.1, 0.15) is 5.78 Å². The maximum absolute atomic E-state index is 12.0. The van der Waals surface area contributed by atoms with Crippen LogP contribution in [0.3, 0.4) is 0 Å². The number of Topliss-reactive ketones (excluding diaryl/α,β-unsaturated/α-hetero) is 1. The van der Waals surface area contributed by atoms with Crippen LogP contribution < -0.4 is 0 Å². The van der Waals surface area contributed by atoms with E-state index in [0.717, 1.165) is 17.5 Å². The number of ketones is 1. The first kappa shape index (κ1) is 12.9. The van der Waals surface area contributed by atoms with Crippen molar-refractivity contribution in [3.63, 3.8) is 0 Å². The van der Waals surface area contributed by atoms with Crippen LogP contribution in [0.1, 0.15) is 44.2 Å². The van der Waals surface area contributed by atoms with Crippen LogP contribution in [-0.2, 0) is 11.4 Å². The lowest BCUT2D eigenvalue weighted by atomic mass is 9.86. The molecule has 0 amide bonds. The molecule has 88 valence electrons. The van der Waals surface area contributed by atoms with Crippen molar-refractivity contribution in [2.24, 2.45) is 5.92 Å². The predicted molar refractivity (Wildman–Crippen MR) is 65.2 cm³/mol. The van der Waals surface area contributed by atoms with Gasteiger partial charge in [0.2, 0.25) is 0 Å². The van der Waals surface area contributed by atoms with Gasteiger partial charge in [-0.25, -0.2) is 0 Å². The smallest absolute Gasteiger partial charge is 0.142 e. The molecule has 0 aliphatic heterocycles. The third-order valence-electron chi connectivity index (χ3n) is 2.86. The fourth-order valence-corrected chi connectivity index (χ4v) is 1.91. The molecular weight excluding hydrogens is 200 g/mol. The van der Waals surface area contributed by atoms with Crippen LogP contribution in [0.15, 0.2) is 24.3 Å². The largest absolute Gasteiger partial charge is 0.392 e. The van der Waals surface area contributed by atoms with Crippen molar-refractivity contribution in [1.82, 2.24) is 0 Å². The summed E-state index contributed by atoms with van der Waals surface area (Å²) in [6.45, 7) is 5.92. The Morgan fingerprint density at radius 1 is 1.38 bits per heavy atom. The van der Waals surface area contributed by atoms with E-state index in [0.29, 0.717) is 0 Å². The Labute approximate surface area is 97.3 Å². The van der Waals surface area contributed by atoms with Gasteiger partial charge in [0, 0.05) is 11.8 Å². The average molecular weight is 220 g/mol. The first-order valence-electron chi connectivity index (χ1n) is 5.83. The van der Waals surface area contributed by atoms with Crippen molar-refractivity contribution >= 4 is 5.78 Å². The molecule has 0 radical (unpaired) electrons. The average Bonchev–Trinajstić information content (AvgIpc) is 2.30. The van der Waals surface area contributed by atoms with Crippen molar-refractivity contribution in [2.45, 2.75) is 39.7 Å². The number of benzene rings is 1.